The second-order valence-electron chi connectivity index (χ2n) is 4.29. The standard InChI is InChI=1S/C11H11ClN2O5S/c1-7(2)13-10(15)14(19-11(13)16)20(17,18)9-5-3-8(12)4-6-9/h3-7H,1-2H3. The summed E-state index contributed by atoms with van der Waals surface area (Å²) in [5, 5.41) is 0.345. The van der Waals surface area contributed by atoms with Gasteiger partial charge in [0.1, 0.15) is 0 Å². The molecule has 7 nitrogen and oxygen atoms in total. The lowest BCUT2D eigenvalue weighted by atomic mass is 10.4. The number of nitrogens with zero attached hydrogens (tertiary/aromatic N) is 2. The van der Waals surface area contributed by atoms with Gasteiger partial charge in [-0.3, -0.25) is 0 Å². The number of halogens is 1. The molecule has 0 unspecified atom stereocenters. The molecule has 0 spiro atoms. The fourth-order valence-electron chi connectivity index (χ4n) is 1.61. The van der Waals surface area contributed by atoms with E-state index in [1.54, 1.807) is 13.8 Å². The van der Waals surface area contributed by atoms with Crippen LogP contribution in [0.1, 0.15) is 19.9 Å². The lowest BCUT2D eigenvalue weighted by molar-refractivity contribution is 0.328. The summed E-state index contributed by atoms with van der Waals surface area (Å²) in [6.07, 6.45) is 0. The van der Waals surface area contributed by atoms with Crippen molar-refractivity contribution in [2.45, 2.75) is 24.8 Å². The smallest absolute Gasteiger partial charge is 0.301 e. The van der Waals surface area contributed by atoms with Crippen LogP contribution in [0, 0.1) is 0 Å². The maximum atomic E-state index is 12.2. The highest BCUT2D eigenvalue weighted by Crippen LogP contribution is 2.15. The van der Waals surface area contributed by atoms with Gasteiger partial charge in [-0.05, 0) is 42.3 Å². The SMILES string of the molecule is CC(C)n1c(=O)on(S(=O)(=O)c2ccc(Cl)cc2)c1=O. The summed E-state index contributed by atoms with van der Waals surface area (Å²) in [4.78, 5) is 23.3. The third-order valence-electron chi connectivity index (χ3n) is 2.57. The molecule has 0 atom stereocenters. The Morgan fingerprint density at radius 3 is 2.15 bits per heavy atom. The molecule has 0 saturated carbocycles. The minimum atomic E-state index is -4.26. The molecule has 0 aliphatic rings. The van der Waals surface area contributed by atoms with Crippen molar-refractivity contribution in [2.24, 2.45) is 0 Å². The predicted octanol–water partition coefficient (Wildman–Crippen LogP) is 1.07. The van der Waals surface area contributed by atoms with E-state index in [-0.39, 0.29) is 9.04 Å². The Kier molecular flexibility index (Phi) is 3.61. The van der Waals surface area contributed by atoms with Gasteiger partial charge in [-0.25, -0.2) is 14.2 Å². The molecule has 0 radical (unpaired) electrons. The van der Waals surface area contributed by atoms with Crippen molar-refractivity contribution in [3.63, 3.8) is 0 Å². The van der Waals surface area contributed by atoms with Crippen LogP contribution in [0.5, 0.6) is 0 Å². The quantitative estimate of drug-likeness (QED) is 0.844. The topological polar surface area (TPSA) is 91.3 Å². The second kappa shape index (κ2) is 4.95. The highest BCUT2D eigenvalue weighted by molar-refractivity contribution is 7.89. The normalized spacial score (nSPS) is 12.0. The first-order valence-corrected chi connectivity index (χ1v) is 7.43. The number of hydrogen-bond donors (Lipinski definition) is 0. The van der Waals surface area contributed by atoms with Gasteiger partial charge in [0.15, 0.2) is 0 Å². The second-order valence-corrected chi connectivity index (χ2v) is 6.48. The molecule has 20 heavy (non-hydrogen) atoms. The van der Waals surface area contributed by atoms with Crippen LogP contribution in [-0.4, -0.2) is 17.1 Å². The van der Waals surface area contributed by atoms with Gasteiger partial charge in [-0.2, -0.15) is 8.42 Å². The van der Waals surface area contributed by atoms with E-state index in [1.807, 2.05) is 0 Å². The van der Waals surface area contributed by atoms with Gasteiger partial charge in [0.25, 0.3) is 10.0 Å². The van der Waals surface area contributed by atoms with Gasteiger partial charge < -0.3 is 4.52 Å². The monoisotopic (exact) mass is 318 g/mol. The van der Waals surface area contributed by atoms with E-state index in [2.05, 4.69) is 4.52 Å². The van der Waals surface area contributed by atoms with E-state index >= 15 is 0 Å². The van der Waals surface area contributed by atoms with Crippen molar-refractivity contribution in [1.29, 1.82) is 0 Å². The zero-order valence-electron chi connectivity index (χ0n) is 10.6. The average Bonchev–Trinajstić information content (AvgIpc) is 2.66. The number of rotatable bonds is 3. The Hall–Kier alpha value is -1.80. The number of aromatic nitrogens is 2. The molecule has 108 valence electrons. The Bertz CT molecular complexity index is 842. The molecule has 0 aliphatic carbocycles. The van der Waals surface area contributed by atoms with Crippen LogP contribution >= 0.6 is 11.6 Å². The average molecular weight is 319 g/mol. The van der Waals surface area contributed by atoms with E-state index < -0.39 is 27.5 Å². The van der Waals surface area contributed by atoms with Crippen LogP contribution in [0.25, 0.3) is 0 Å². The first kappa shape index (κ1) is 14.6. The number of hydrogen-bond acceptors (Lipinski definition) is 5. The zero-order chi connectivity index (χ0) is 15.1. The lowest BCUT2D eigenvalue weighted by Crippen LogP contribution is -2.32. The Labute approximate surface area is 119 Å². The van der Waals surface area contributed by atoms with E-state index in [9.17, 15) is 18.0 Å². The van der Waals surface area contributed by atoms with E-state index in [0.29, 0.717) is 9.59 Å². The van der Waals surface area contributed by atoms with E-state index in [1.165, 1.54) is 24.3 Å². The summed E-state index contributed by atoms with van der Waals surface area (Å²) in [5.41, 5.74) is -1.04. The van der Waals surface area contributed by atoms with Crippen molar-refractivity contribution in [2.75, 3.05) is 0 Å². The largest absolute Gasteiger partial charge is 0.443 e. The molecule has 1 aromatic heterocycles. The third-order valence-corrected chi connectivity index (χ3v) is 4.35. The predicted molar refractivity (Wildman–Crippen MR) is 71.6 cm³/mol. The molecule has 2 aromatic rings. The van der Waals surface area contributed by atoms with Gasteiger partial charge in [0.05, 0.1) is 4.90 Å². The van der Waals surface area contributed by atoms with Crippen LogP contribution in [0.4, 0.5) is 0 Å². The van der Waals surface area contributed by atoms with Gasteiger partial charge in [0, 0.05) is 11.1 Å². The van der Waals surface area contributed by atoms with Gasteiger partial charge in [-0.1, -0.05) is 11.6 Å². The van der Waals surface area contributed by atoms with Crippen LogP contribution < -0.4 is 11.4 Å². The van der Waals surface area contributed by atoms with Crippen molar-refractivity contribution in [3.8, 4) is 0 Å². The van der Waals surface area contributed by atoms with Crippen molar-refractivity contribution in [1.82, 2.24) is 8.71 Å². The molecule has 0 amide bonds. The highest BCUT2D eigenvalue weighted by atomic mass is 35.5. The fourth-order valence-corrected chi connectivity index (χ4v) is 2.86. The molecular formula is C11H11ClN2O5S. The molecule has 0 fully saturated rings. The van der Waals surface area contributed by atoms with Gasteiger partial charge >= 0.3 is 11.4 Å². The fraction of sp³-hybridized carbons (Fsp3) is 0.273. The highest BCUT2D eigenvalue weighted by Gasteiger charge is 2.26. The van der Waals surface area contributed by atoms with Crippen LogP contribution in [0.3, 0.4) is 0 Å². The summed E-state index contributed by atoms with van der Waals surface area (Å²) in [7, 11) is -4.26. The molecule has 0 saturated heterocycles. The summed E-state index contributed by atoms with van der Waals surface area (Å²) in [6, 6.07) is 4.64. The molecule has 2 rings (SSSR count). The van der Waals surface area contributed by atoms with Gasteiger partial charge in [-0.15, -0.1) is 0 Å². The first-order valence-electron chi connectivity index (χ1n) is 5.61. The molecule has 9 heteroatoms. The minimum absolute atomic E-state index is 0.0819. The lowest BCUT2D eigenvalue weighted by Gasteiger charge is -2.02. The Morgan fingerprint density at radius 2 is 1.70 bits per heavy atom. The molecule has 0 N–H and O–H groups in total. The summed E-state index contributed by atoms with van der Waals surface area (Å²) in [6.45, 7) is 3.13. The van der Waals surface area contributed by atoms with E-state index in [4.69, 9.17) is 11.6 Å². The maximum absolute atomic E-state index is 12.2. The van der Waals surface area contributed by atoms with Crippen LogP contribution in [0.15, 0.2) is 43.3 Å². The number of benzene rings is 1. The Balaban J connectivity index is 2.68. The van der Waals surface area contributed by atoms with Crippen molar-refractivity contribution >= 4 is 21.6 Å². The first-order chi connectivity index (χ1) is 9.25. The zero-order valence-corrected chi connectivity index (χ0v) is 12.2. The van der Waals surface area contributed by atoms with Crippen LogP contribution in [-0.2, 0) is 10.0 Å². The molecule has 1 heterocycles. The third kappa shape index (κ3) is 2.32. The Morgan fingerprint density at radius 1 is 1.15 bits per heavy atom. The van der Waals surface area contributed by atoms with Crippen molar-refractivity contribution < 1.29 is 12.9 Å². The van der Waals surface area contributed by atoms with Crippen LogP contribution in [0.2, 0.25) is 5.02 Å². The van der Waals surface area contributed by atoms with E-state index in [0.717, 1.165) is 0 Å². The minimum Gasteiger partial charge on any atom is -0.301 e. The summed E-state index contributed by atoms with van der Waals surface area (Å²) < 4.78 is 29.8. The maximum Gasteiger partial charge on any atom is 0.443 e. The van der Waals surface area contributed by atoms with Gasteiger partial charge in [0.2, 0.25) is 0 Å². The molecule has 0 bridgehead atoms. The summed E-state index contributed by atoms with van der Waals surface area (Å²) >= 11 is 5.67. The summed E-state index contributed by atoms with van der Waals surface area (Å²) in [5.74, 6) is -1.03. The van der Waals surface area contributed by atoms with Crippen molar-refractivity contribution in [3.05, 3.63) is 50.3 Å². The molecule has 0 aliphatic heterocycles. The molecular weight excluding hydrogens is 308 g/mol. The molecule has 1 aromatic carbocycles.